The van der Waals surface area contributed by atoms with Crippen LogP contribution >= 0.6 is 0 Å². The predicted molar refractivity (Wildman–Crippen MR) is 136 cm³/mol. The standard InChI is InChI=1S/C29H42N2O2/c1-3-5-7-9-11-14-20-27(26-18-15-12-16-19-26)21-22-28(32)33-29-30-23-25(24-31-29)17-13-10-8-6-4-2/h12,15-16,18-19,21-24,27H,3-11,13-14,17,20H2,1-2H3/b22-21+. The quantitative estimate of drug-likeness (QED) is 0.139. The summed E-state index contributed by atoms with van der Waals surface area (Å²) >= 11 is 0. The number of unbranched alkanes of at least 4 members (excludes halogenated alkanes) is 9. The second kappa shape index (κ2) is 17.0. The van der Waals surface area contributed by atoms with Gasteiger partial charge in [0.05, 0.1) is 0 Å². The predicted octanol–water partition coefficient (Wildman–Crippen LogP) is 7.99. The molecule has 0 aliphatic heterocycles. The number of carbonyl (C=O) groups excluding carboxylic acids is 1. The average Bonchev–Trinajstić information content (AvgIpc) is 2.84. The maximum Gasteiger partial charge on any atom is 0.338 e. The lowest BCUT2D eigenvalue weighted by Gasteiger charge is -2.13. The third-order valence-corrected chi connectivity index (χ3v) is 6.00. The number of ether oxygens (including phenoxy) is 1. The van der Waals surface area contributed by atoms with Gasteiger partial charge in [0.25, 0.3) is 0 Å². The van der Waals surface area contributed by atoms with Gasteiger partial charge in [-0.15, -0.1) is 0 Å². The Morgan fingerprint density at radius 2 is 1.45 bits per heavy atom. The molecule has 0 fully saturated rings. The van der Waals surface area contributed by atoms with Gasteiger partial charge in [-0.1, -0.05) is 114 Å². The molecule has 0 amide bonds. The zero-order chi connectivity index (χ0) is 23.6. The first-order valence-electron chi connectivity index (χ1n) is 13.0. The van der Waals surface area contributed by atoms with Crippen molar-refractivity contribution in [2.45, 2.75) is 103 Å². The fourth-order valence-corrected chi connectivity index (χ4v) is 3.99. The van der Waals surface area contributed by atoms with E-state index in [1.54, 1.807) is 12.4 Å². The number of esters is 1. The van der Waals surface area contributed by atoms with E-state index < -0.39 is 5.97 Å². The third kappa shape index (κ3) is 11.8. The zero-order valence-electron chi connectivity index (χ0n) is 20.7. The molecule has 1 heterocycles. The molecule has 2 rings (SSSR count). The Morgan fingerprint density at radius 3 is 2.12 bits per heavy atom. The Bertz CT molecular complexity index is 787. The molecule has 1 aromatic heterocycles. The normalized spacial score (nSPS) is 12.2. The third-order valence-electron chi connectivity index (χ3n) is 6.00. The number of hydrogen-bond acceptors (Lipinski definition) is 4. The van der Waals surface area contributed by atoms with Crippen LogP contribution in [0.5, 0.6) is 6.01 Å². The molecule has 180 valence electrons. The van der Waals surface area contributed by atoms with Gasteiger partial charge in [0.1, 0.15) is 0 Å². The van der Waals surface area contributed by atoms with Crippen LogP contribution in [0.25, 0.3) is 0 Å². The molecule has 0 aliphatic carbocycles. The molecule has 1 atom stereocenters. The van der Waals surface area contributed by atoms with Crippen molar-refractivity contribution in [2.75, 3.05) is 0 Å². The Kier molecular flexibility index (Phi) is 13.8. The van der Waals surface area contributed by atoms with Gasteiger partial charge in [0, 0.05) is 24.4 Å². The second-order valence-electron chi connectivity index (χ2n) is 8.89. The van der Waals surface area contributed by atoms with Crippen molar-refractivity contribution in [3.63, 3.8) is 0 Å². The van der Waals surface area contributed by atoms with E-state index >= 15 is 0 Å². The van der Waals surface area contributed by atoms with Gasteiger partial charge in [-0.05, 0) is 30.4 Å². The van der Waals surface area contributed by atoms with E-state index in [9.17, 15) is 4.79 Å². The molecule has 0 saturated heterocycles. The second-order valence-corrected chi connectivity index (χ2v) is 8.89. The minimum Gasteiger partial charge on any atom is -0.388 e. The van der Waals surface area contributed by atoms with Gasteiger partial charge in [0.2, 0.25) is 0 Å². The highest BCUT2D eigenvalue weighted by molar-refractivity contribution is 5.83. The van der Waals surface area contributed by atoms with E-state index in [0.717, 1.165) is 31.2 Å². The van der Waals surface area contributed by atoms with Gasteiger partial charge >= 0.3 is 12.0 Å². The number of hydrogen-bond donors (Lipinski definition) is 0. The van der Waals surface area contributed by atoms with Crippen molar-refractivity contribution < 1.29 is 9.53 Å². The SMILES string of the molecule is CCCCCCCCC(/C=C/C(=O)Oc1ncc(CCCCCCC)cn1)c1ccccc1. The summed E-state index contributed by atoms with van der Waals surface area (Å²) in [6.45, 7) is 4.46. The summed E-state index contributed by atoms with van der Waals surface area (Å²) in [5.41, 5.74) is 2.32. The van der Waals surface area contributed by atoms with Crippen molar-refractivity contribution in [3.8, 4) is 6.01 Å². The molecule has 0 spiro atoms. The van der Waals surface area contributed by atoms with Crippen molar-refractivity contribution >= 4 is 5.97 Å². The largest absolute Gasteiger partial charge is 0.388 e. The molecular weight excluding hydrogens is 408 g/mol. The van der Waals surface area contributed by atoms with Crippen LogP contribution in [0.2, 0.25) is 0 Å². The molecule has 0 bridgehead atoms. The molecule has 0 saturated carbocycles. The minimum atomic E-state index is -0.425. The van der Waals surface area contributed by atoms with Crippen LogP contribution in [0.3, 0.4) is 0 Å². The zero-order valence-corrected chi connectivity index (χ0v) is 20.7. The molecule has 4 heteroatoms. The fraction of sp³-hybridized carbons (Fsp3) is 0.552. The molecule has 1 aromatic carbocycles. The Labute approximate surface area is 200 Å². The summed E-state index contributed by atoms with van der Waals surface area (Å²) < 4.78 is 5.34. The molecule has 0 radical (unpaired) electrons. The van der Waals surface area contributed by atoms with E-state index in [1.807, 2.05) is 12.1 Å². The summed E-state index contributed by atoms with van der Waals surface area (Å²) in [6, 6.07) is 10.5. The summed E-state index contributed by atoms with van der Waals surface area (Å²) in [7, 11) is 0. The van der Waals surface area contributed by atoms with Crippen LogP contribution in [0, 0.1) is 0 Å². The highest BCUT2D eigenvalue weighted by atomic mass is 16.5. The maximum absolute atomic E-state index is 12.4. The van der Waals surface area contributed by atoms with E-state index in [0.29, 0.717) is 0 Å². The fourth-order valence-electron chi connectivity index (χ4n) is 3.99. The van der Waals surface area contributed by atoms with Crippen LogP contribution < -0.4 is 4.74 Å². The lowest BCUT2D eigenvalue weighted by molar-refractivity contribution is -0.129. The number of benzene rings is 1. The van der Waals surface area contributed by atoms with E-state index in [4.69, 9.17) is 4.74 Å². The number of allylic oxidation sites excluding steroid dienone is 1. The summed E-state index contributed by atoms with van der Waals surface area (Å²) in [5, 5.41) is 0. The summed E-state index contributed by atoms with van der Waals surface area (Å²) in [6.07, 6.45) is 22.8. The first-order chi connectivity index (χ1) is 16.2. The van der Waals surface area contributed by atoms with E-state index in [2.05, 4.69) is 48.1 Å². The number of nitrogens with zero attached hydrogens (tertiary/aromatic N) is 2. The number of aromatic nitrogens is 2. The minimum absolute atomic E-state index is 0.117. The maximum atomic E-state index is 12.4. The topological polar surface area (TPSA) is 52.1 Å². The van der Waals surface area contributed by atoms with E-state index in [1.165, 1.54) is 69.4 Å². The summed E-state index contributed by atoms with van der Waals surface area (Å²) in [4.78, 5) is 20.8. The smallest absolute Gasteiger partial charge is 0.338 e. The van der Waals surface area contributed by atoms with Crippen LogP contribution in [-0.4, -0.2) is 15.9 Å². The van der Waals surface area contributed by atoms with Crippen LogP contribution in [-0.2, 0) is 11.2 Å². The van der Waals surface area contributed by atoms with Crippen molar-refractivity contribution in [1.29, 1.82) is 0 Å². The van der Waals surface area contributed by atoms with Crippen molar-refractivity contribution in [2.24, 2.45) is 0 Å². The van der Waals surface area contributed by atoms with Crippen molar-refractivity contribution in [1.82, 2.24) is 9.97 Å². The molecule has 4 nitrogen and oxygen atoms in total. The molecule has 33 heavy (non-hydrogen) atoms. The van der Waals surface area contributed by atoms with Gasteiger partial charge in [-0.2, -0.15) is 0 Å². The molecule has 2 aromatic rings. The average molecular weight is 451 g/mol. The van der Waals surface area contributed by atoms with Gasteiger partial charge in [-0.3, -0.25) is 0 Å². The number of aryl methyl sites for hydroxylation is 1. The molecule has 0 N–H and O–H groups in total. The Balaban J connectivity index is 1.82. The monoisotopic (exact) mass is 450 g/mol. The first-order valence-corrected chi connectivity index (χ1v) is 13.0. The molecule has 0 aliphatic rings. The Hall–Kier alpha value is -2.49. The molecular formula is C29H42N2O2. The van der Waals surface area contributed by atoms with Crippen LogP contribution in [0.15, 0.2) is 54.9 Å². The van der Waals surface area contributed by atoms with Crippen molar-refractivity contribution in [3.05, 3.63) is 66.0 Å². The first kappa shape index (κ1) is 26.8. The van der Waals surface area contributed by atoms with Crippen LogP contribution in [0.1, 0.15) is 108 Å². The lowest BCUT2D eigenvalue weighted by atomic mass is 9.92. The van der Waals surface area contributed by atoms with Gasteiger partial charge < -0.3 is 4.74 Å². The summed E-state index contributed by atoms with van der Waals surface area (Å²) in [5.74, 6) is -0.216. The highest BCUT2D eigenvalue weighted by Crippen LogP contribution is 2.24. The van der Waals surface area contributed by atoms with Gasteiger partial charge in [0.15, 0.2) is 0 Å². The van der Waals surface area contributed by atoms with E-state index in [-0.39, 0.29) is 11.9 Å². The lowest BCUT2D eigenvalue weighted by Crippen LogP contribution is -2.08. The number of rotatable bonds is 17. The van der Waals surface area contributed by atoms with Crippen LogP contribution in [0.4, 0.5) is 0 Å². The Morgan fingerprint density at radius 1 is 0.848 bits per heavy atom. The van der Waals surface area contributed by atoms with Gasteiger partial charge in [-0.25, -0.2) is 14.8 Å². The number of carbonyl (C=O) groups is 1. The molecule has 1 unspecified atom stereocenters. The highest BCUT2D eigenvalue weighted by Gasteiger charge is 2.10.